The van der Waals surface area contributed by atoms with Crippen LogP contribution in [0.3, 0.4) is 0 Å². The number of nitrogens with zero attached hydrogens (tertiary/aromatic N) is 2. The zero-order valence-corrected chi connectivity index (χ0v) is 18.5. The van der Waals surface area contributed by atoms with Crippen molar-refractivity contribution in [1.29, 1.82) is 0 Å². The normalized spacial score (nSPS) is 16.2. The van der Waals surface area contributed by atoms with E-state index >= 15 is 0 Å². The molecule has 148 valence electrons. The van der Waals surface area contributed by atoms with E-state index in [2.05, 4.69) is 39.1 Å². The van der Waals surface area contributed by atoms with Crippen molar-refractivity contribution in [3.05, 3.63) is 0 Å². The summed E-state index contributed by atoms with van der Waals surface area (Å²) in [7, 11) is 1.43. The third kappa shape index (κ3) is 12.4. The van der Waals surface area contributed by atoms with Crippen molar-refractivity contribution < 1.29 is 9.53 Å². The molecule has 1 saturated heterocycles. The van der Waals surface area contributed by atoms with Gasteiger partial charge in [0, 0.05) is 26.1 Å². The van der Waals surface area contributed by atoms with Gasteiger partial charge in [-0.25, -0.2) is 0 Å². The molecule has 1 aliphatic rings. The lowest BCUT2D eigenvalue weighted by atomic mass is 9.99. The second kappa shape index (κ2) is 15.7. The highest BCUT2D eigenvalue weighted by molar-refractivity contribution is 14.0. The van der Waals surface area contributed by atoms with Crippen molar-refractivity contribution in [2.24, 2.45) is 10.9 Å². The molecule has 1 fully saturated rings. The summed E-state index contributed by atoms with van der Waals surface area (Å²) in [6.45, 7) is 10.6. The van der Waals surface area contributed by atoms with Gasteiger partial charge in [-0.3, -0.25) is 9.79 Å². The quantitative estimate of drug-likeness (QED) is 0.170. The average molecular weight is 468 g/mol. The molecular weight excluding hydrogens is 431 g/mol. The van der Waals surface area contributed by atoms with E-state index < -0.39 is 0 Å². The molecule has 0 aromatic rings. The van der Waals surface area contributed by atoms with E-state index in [1.807, 2.05) is 0 Å². The Hall–Kier alpha value is -0.570. The number of unbranched alkanes of at least 4 members (excludes halogenated alkanes) is 1. The van der Waals surface area contributed by atoms with Crippen LogP contribution in [0.2, 0.25) is 0 Å². The number of likely N-dealkylation sites (tertiary alicyclic amines) is 1. The van der Waals surface area contributed by atoms with Gasteiger partial charge in [0.05, 0.1) is 7.11 Å². The second-order valence-electron chi connectivity index (χ2n) is 6.60. The number of methoxy groups -OCH3 is 1. The second-order valence-corrected chi connectivity index (χ2v) is 6.60. The molecule has 0 aromatic carbocycles. The molecule has 6 nitrogen and oxygen atoms in total. The zero-order valence-electron chi connectivity index (χ0n) is 16.2. The molecule has 1 heterocycles. The Morgan fingerprint density at radius 1 is 1.20 bits per heavy atom. The first kappa shape index (κ1) is 24.4. The molecule has 0 unspecified atom stereocenters. The lowest BCUT2D eigenvalue weighted by Gasteiger charge is -2.29. The van der Waals surface area contributed by atoms with Crippen LogP contribution < -0.4 is 10.6 Å². The summed E-state index contributed by atoms with van der Waals surface area (Å²) in [6, 6.07) is 0. The number of ether oxygens (including phenoxy) is 1. The number of piperidine rings is 1. The summed E-state index contributed by atoms with van der Waals surface area (Å²) in [5.41, 5.74) is 0. The largest absolute Gasteiger partial charge is 0.469 e. The fourth-order valence-electron chi connectivity index (χ4n) is 2.82. The zero-order chi connectivity index (χ0) is 17.6. The lowest BCUT2D eigenvalue weighted by molar-refractivity contribution is -0.140. The van der Waals surface area contributed by atoms with Crippen molar-refractivity contribution in [3.63, 3.8) is 0 Å². The summed E-state index contributed by atoms with van der Waals surface area (Å²) >= 11 is 0. The highest BCUT2D eigenvalue weighted by Gasteiger charge is 2.14. The van der Waals surface area contributed by atoms with Crippen molar-refractivity contribution in [1.82, 2.24) is 15.5 Å². The van der Waals surface area contributed by atoms with E-state index in [1.165, 1.54) is 33.0 Å². The van der Waals surface area contributed by atoms with Crippen LogP contribution in [-0.4, -0.2) is 63.2 Å². The van der Waals surface area contributed by atoms with Crippen molar-refractivity contribution >= 4 is 35.9 Å². The van der Waals surface area contributed by atoms with Gasteiger partial charge in [-0.2, -0.15) is 0 Å². The van der Waals surface area contributed by atoms with E-state index in [1.54, 1.807) is 0 Å². The summed E-state index contributed by atoms with van der Waals surface area (Å²) < 4.78 is 4.64. The van der Waals surface area contributed by atoms with Gasteiger partial charge in [0.2, 0.25) is 0 Å². The number of aliphatic imine (C=N–C) groups is 1. The molecule has 1 aliphatic heterocycles. The standard InChI is InChI=1S/C18H36N4O2.HI/c1-4-19-18(20-11-6-5-8-17(23)24-3)21-12-7-13-22-14-9-16(2)10-15-22;/h16H,4-15H2,1-3H3,(H2,19,20,21);1H. The summed E-state index contributed by atoms with van der Waals surface area (Å²) in [4.78, 5) is 18.2. The fraction of sp³-hybridized carbons (Fsp3) is 0.889. The van der Waals surface area contributed by atoms with Crippen LogP contribution in [0, 0.1) is 5.92 Å². The van der Waals surface area contributed by atoms with Crippen molar-refractivity contribution in [3.8, 4) is 0 Å². The molecule has 0 bridgehead atoms. The number of esters is 1. The molecule has 0 radical (unpaired) electrons. The maximum absolute atomic E-state index is 11.1. The Morgan fingerprint density at radius 2 is 1.92 bits per heavy atom. The molecule has 0 saturated carbocycles. The van der Waals surface area contributed by atoms with Gasteiger partial charge in [0.25, 0.3) is 0 Å². The lowest BCUT2D eigenvalue weighted by Crippen LogP contribution is -2.38. The molecule has 0 aromatic heterocycles. The Balaban J connectivity index is 0.00000576. The van der Waals surface area contributed by atoms with Crippen LogP contribution in [0.5, 0.6) is 0 Å². The number of carbonyl (C=O) groups excluding carboxylic acids is 1. The summed E-state index contributed by atoms with van der Waals surface area (Å²) in [5.74, 6) is 1.63. The number of nitrogens with one attached hydrogen (secondary N) is 2. The maximum Gasteiger partial charge on any atom is 0.305 e. The Kier molecular flexibility index (Phi) is 15.3. The third-order valence-corrected chi connectivity index (χ3v) is 4.45. The number of guanidine groups is 1. The monoisotopic (exact) mass is 468 g/mol. The molecule has 0 atom stereocenters. The van der Waals surface area contributed by atoms with Crippen LogP contribution in [0.4, 0.5) is 0 Å². The van der Waals surface area contributed by atoms with Crippen LogP contribution in [-0.2, 0) is 9.53 Å². The van der Waals surface area contributed by atoms with Gasteiger partial charge >= 0.3 is 5.97 Å². The first-order chi connectivity index (χ1) is 11.7. The minimum absolute atomic E-state index is 0. The maximum atomic E-state index is 11.1. The molecule has 0 amide bonds. The summed E-state index contributed by atoms with van der Waals surface area (Å²) in [5, 5.41) is 6.60. The van der Waals surface area contributed by atoms with Crippen LogP contribution in [0.25, 0.3) is 0 Å². The van der Waals surface area contributed by atoms with Gasteiger partial charge in [-0.1, -0.05) is 6.92 Å². The first-order valence-corrected chi connectivity index (χ1v) is 9.47. The molecule has 2 N–H and O–H groups in total. The Morgan fingerprint density at radius 3 is 2.56 bits per heavy atom. The highest BCUT2D eigenvalue weighted by atomic mass is 127. The molecule has 0 spiro atoms. The smallest absolute Gasteiger partial charge is 0.305 e. The topological polar surface area (TPSA) is 66.0 Å². The van der Waals surface area contributed by atoms with Crippen LogP contribution in [0.1, 0.15) is 52.4 Å². The number of halogens is 1. The van der Waals surface area contributed by atoms with E-state index in [9.17, 15) is 4.79 Å². The molecule has 25 heavy (non-hydrogen) atoms. The van der Waals surface area contributed by atoms with Crippen LogP contribution in [0.15, 0.2) is 4.99 Å². The van der Waals surface area contributed by atoms with Crippen LogP contribution >= 0.6 is 24.0 Å². The van der Waals surface area contributed by atoms with Crippen molar-refractivity contribution in [2.75, 3.05) is 46.4 Å². The predicted molar refractivity (Wildman–Crippen MR) is 115 cm³/mol. The Labute approximate surface area is 170 Å². The number of rotatable bonds is 10. The first-order valence-electron chi connectivity index (χ1n) is 9.47. The Bertz CT molecular complexity index is 372. The molecule has 7 heteroatoms. The minimum atomic E-state index is -0.136. The van der Waals surface area contributed by atoms with Gasteiger partial charge < -0.3 is 20.3 Å². The van der Waals surface area contributed by atoms with E-state index in [0.717, 1.165) is 57.3 Å². The van der Waals surface area contributed by atoms with Gasteiger partial charge in [-0.05, 0) is 64.6 Å². The van der Waals surface area contributed by atoms with Gasteiger partial charge in [0.15, 0.2) is 5.96 Å². The highest BCUT2D eigenvalue weighted by Crippen LogP contribution is 2.15. The number of hydrogen-bond donors (Lipinski definition) is 2. The van der Waals surface area contributed by atoms with E-state index in [-0.39, 0.29) is 29.9 Å². The predicted octanol–water partition coefficient (Wildman–Crippen LogP) is 2.62. The molecule has 1 rings (SSSR count). The molecule has 0 aliphatic carbocycles. The fourth-order valence-corrected chi connectivity index (χ4v) is 2.82. The van der Waals surface area contributed by atoms with Gasteiger partial charge in [0.1, 0.15) is 0 Å². The molecular formula is C18H37IN4O2. The van der Waals surface area contributed by atoms with Crippen molar-refractivity contribution in [2.45, 2.75) is 52.4 Å². The number of carbonyl (C=O) groups is 1. The third-order valence-electron chi connectivity index (χ3n) is 4.45. The van der Waals surface area contributed by atoms with E-state index in [4.69, 9.17) is 0 Å². The SMILES string of the molecule is CCNC(=NCCCN1CCC(C)CC1)NCCCCC(=O)OC.I. The number of hydrogen-bond acceptors (Lipinski definition) is 4. The average Bonchev–Trinajstić information content (AvgIpc) is 2.59. The van der Waals surface area contributed by atoms with Gasteiger partial charge in [-0.15, -0.1) is 24.0 Å². The van der Waals surface area contributed by atoms with E-state index in [0.29, 0.717) is 6.42 Å². The minimum Gasteiger partial charge on any atom is -0.469 e. The summed E-state index contributed by atoms with van der Waals surface area (Å²) in [6.07, 6.45) is 6.03.